The Morgan fingerprint density at radius 3 is 2.37 bits per heavy atom. The topological polar surface area (TPSA) is 61.4 Å². The van der Waals surface area contributed by atoms with E-state index in [1.54, 1.807) is 4.31 Å². The van der Waals surface area contributed by atoms with Gasteiger partial charge in [-0.1, -0.05) is 12.8 Å². The van der Waals surface area contributed by atoms with Crippen molar-refractivity contribution in [1.82, 2.24) is 14.3 Å². The van der Waals surface area contributed by atoms with Gasteiger partial charge in [0.2, 0.25) is 0 Å². The molecular formula is C13H27N3O2S. The summed E-state index contributed by atoms with van der Waals surface area (Å²) in [6.45, 7) is 2.90. The third-order valence-electron chi connectivity index (χ3n) is 4.18. The van der Waals surface area contributed by atoms with Crippen molar-refractivity contribution in [3.63, 3.8) is 0 Å². The standard InChI is InChI=1S/C13H27N3O2S/c1-14-11-13-6-9-16(10-7-13)19(17,18)15-8-2-3-12-4-5-12/h12-15H,2-11H2,1H3. The van der Waals surface area contributed by atoms with Crippen molar-refractivity contribution in [2.75, 3.05) is 33.2 Å². The normalized spacial score (nSPS) is 22.8. The van der Waals surface area contributed by atoms with E-state index in [4.69, 9.17) is 0 Å². The van der Waals surface area contributed by atoms with E-state index < -0.39 is 10.2 Å². The Balaban J connectivity index is 1.67. The third kappa shape index (κ3) is 5.02. The maximum absolute atomic E-state index is 12.1. The molecule has 0 unspecified atom stereocenters. The van der Waals surface area contributed by atoms with E-state index in [2.05, 4.69) is 10.0 Å². The number of hydrogen-bond donors (Lipinski definition) is 2. The molecule has 1 saturated heterocycles. The van der Waals surface area contributed by atoms with Crippen LogP contribution in [0.5, 0.6) is 0 Å². The molecule has 112 valence electrons. The first kappa shape index (κ1) is 15.2. The number of nitrogens with zero attached hydrogens (tertiary/aromatic N) is 1. The molecule has 1 heterocycles. The molecule has 0 aromatic carbocycles. The van der Waals surface area contributed by atoms with Crippen LogP contribution >= 0.6 is 0 Å². The van der Waals surface area contributed by atoms with Crippen molar-refractivity contribution in [1.29, 1.82) is 0 Å². The lowest BCUT2D eigenvalue weighted by atomic mass is 9.98. The van der Waals surface area contributed by atoms with Gasteiger partial charge in [-0.3, -0.25) is 0 Å². The van der Waals surface area contributed by atoms with Crippen molar-refractivity contribution >= 4 is 10.2 Å². The first-order valence-electron chi connectivity index (χ1n) is 7.51. The Kier molecular flexibility index (Phi) is 5.62. The maximum Gasteiger partial charge on any atom is 0.279 e. The van der Waals surface area contributed by atoms with E-state index in [1.807, 2.05) is 7.05 Å². The van der Waals surface area contributed by atoms with Gasteiger partial charge < -0.3 is 5.32 Å². The molecular weight excluding hydrogens is 262 g/mol. The van der Waals surface area contributed by atoms with Gasteiger partial charge in [0.15, 0.2) is 0 Å². The molecule has 2 rings (SSSR count). The van der Waals surface area contributed by atoms with Crippen LogP contribution in [0.3, 0.4) is 0 Å². The quantitative estimate of drug-likeness (QED) is 0.654. The van der Waals surface area contributed by atoms with Crippen LogP contribution in [0.1, 0.15) is 38.5 Å². The highest BCUT2D eigenvalue weighted by atomic mass is 32.2. The van der Waals surface area contributed by atoms with Crippen molar-refractivity contribution in [2.24, 2.45) is 11.8 Å². The Hall–Kier alpha value is -0.170. The minimum atomic E-state index is -3.24. The molecule has 0 bridgehead atoms. The highest BCUT2D eigenvalue weighted by Gasteiger charge is 2.27. The Labute approximate surface area is 117 Å². The number of rotatable bonds is 8. The summed E-state index contributed by atoms with van der Waals surface area (Å²) in [6, 6.07) is 0. The molecule has 0 aromatic rings. The third-order valence-corrected chi connectivity index (χ3v) is 5.79. The van der Waals surface area contributed by atoms with E-state index in [0.29, 0.717) is 25.6 Å². The SMILES string of the molecule is CNCC1CCN(S(=O)(=O)NCCCC2CC2)CC1. The van der Waals surface area contributed by atoms with Gasteiger partial charge in [-0.25, -0.2) is 4.72 Å². The Bertz CT molecular complexity index is 360. The fourth-order valence-corrected chi connectivity index (χ4v) is 4.01. The van der Waals surface area contributed by atoms with Crippen LogP contribution in [0.25, 0.3) is 0 Å². The molecule has 2 fully saturated rings. The van der Waals surface area contributed by atoms with Crippen LogP contribution in [-0.4, -0.2) is 45.9 Å². The molecule has 1 aliphatic carbocycles. The molecule has 0 amide bonds. The number of hydrogen-bond acceptors (Lipinski definition) is 3. The molecule has 1 saturated carbocycles. The second kappa shape index (κ2) is 7.02. The van der Waals surface area contributed by atoms with Gasteiger partial charge in [-0.15, -0.1) is 0 Å². The lowest BCUT2D eigenvalue weighted by Gasteiger charge is -2.31. The molecule has 19 heavy (non-hydrogen) atoms. The van der Waals surface area contributed by atoms with Gasteiger partial charge in [-0.05, 0) is 51.1 Å². The average Bonchev–Trinajstić information content (AvgIpc) is 3.20. The van der Waals surface area contributed by atoms with Gasteiger partial charge in [0.05, 0.1) is 0 Å². The number of nitrogens with one attached hydrogen (secondary N) is 2. The average molecular weight is 289 g/mol. The lowest BCUT2D eigenvalue weighted by Crippen LogP contribution is -2.46. The molecule has 2 aliphatic rings. The fraction of sp³-hybridized carbons (Fsp3) is 1.00. The molecule has 2 N–H and O–H groups in total. The Morgan fingerprint density at radius 1 is 1.11 bits per heavy atom. The van der Waals surface area contributed by atoms with Crippen LogP contribution in [0.15, 0.2) is 0 Å². The molecule has 0 radical (unpaired) electrons. The van der Waals surface area contributed by atoms with Gasteiger partial charge in [-0.2, -0.15) is 12.7 Å². The Morgan fingerprint density at radius 2 is 1.79 bits per heavy atom. The second-order valence-electron chi connectivity index (χ2n) is 5.89. The van der Waals surface area contributed by atoms with Gasteiger partial charge in [0.25, 0.3) is 10.2 Å². The first-order valence-corrected chi connectivity index (χ1v) is 8.95. The highest BCUT2D eigenvalue weighted by Crippen LogP contribution is 2.33. The van der Waals surface area contributed by atoms with Crippen LogP contribution in [0.2, 0.25) is 0 Å². The summed E-state index contributed by atoms with van der Waals surface area (Å²) in [6.07, 6.45) is 6.75. The van der Waals surface area contributed by atoms with Gasteiger partial charge in [0.1, 0.15) is 0 Å². The predicted octanol–water partition coefficient (Wildman–Crippen LogP) is 0.942. The monoisotopic (exact) mass is 289 g/mol. The molecule has 5 nitrogen and oxygen atoms in total. The summed E-state index contributed by atoms with van der Waals surface area (Å²) >= 11 is 0. The first-order chi connectivity index (χ1) is 9.12. The number of piperidine rings is 1. The van der Waals surface area contributed by atoms with Crippen LogP contribution in [0.4, 0.5) is 0 Å². The maximum atomic E-state index is 12.1. The van der Waals surface area contributed by atoms with E-state index in [9.17, 15) is 8.42 Å². The molecule has 0 atom stereocenters. The fourth-order valence-electron chi connectivity index (χ4n) is 2.73. The summed E-state index contributed by atoms with van der Waals surface area (Å²) in [5.74, 6) is 1.49. The lowest BCUT2D eigenvalue weighted by molar-refractivity contribution is 0.268. The van der Waals surface area contributed by atoms with Crippen LogP contribution in [-0.2, 0) is 10.2 Å². The van der Waals surface area contributed by atoms with Crippen molar-refractivity contribution in [2.45, 2.75) is 38.5 Å². The van der Waals surface area contributed by atoms with E-state index >= 15 is 0 Å². The minimum Gasteiger partial charge on any atom is -0.319 e. The van der Waals surface area contributed by atoms with Gasteiger partial charge in [0, 0.05) is 19.6 Å². The smallest absolute Gasteiger partial charge is 0.279 e. The minimum absolute atomic E-state index is 0.593. The van der Waals surface area contributed by atoms with E-state index in [1.165, 1.54) is 19.3 Å². The summed E-state index contributed by atoms with van der Waals surface area (Å²) in [5.41, 5.74) is 0. The zero-order valence-electron chi connectivity index (χ0n) is 11.9. The molecule has 6 heteroatoms. The predicted molar refractivity (Wildman–Crippen MR) is 77.1 cm³/mol. The zero-order chi connectivity index (χ0) is 13.7. The van der Waals surface area contributed by atoms with Crippen LogP contribution < -0.4 is 10.0 Å². The second-order valence-corrected chi connectivity index (χ2v) is 7.64. The summed E-state index contributed by atoms with van der Waals surface area (Å²) in [7, 11) is -1.29. The highest BCUT2D eigenvalue weighted by molar-refractivity contribution is 7.87. The summed E-state index contributed by atoms with van der Waals surface area (Å²) in [4.78, 5) is 0. The summed E-state index contributed by atoms with van der Waals surface area (Å²) < 4.78 is 28.6. The van der Waals surface area contributed by atoms with Crippen molar-refractivity contribution < 1.29 is 8.42 Å². The van der Waals surface area contributed by atoms with E-state index in [-0.39, 0.29) is 0 Å². The molecule has 1 aliphatic heterocycles. The summed E-state index contributed by atoms with van der Waals surface area (Å²) in [5, 5.41) is 3.17. The molecule has 0 spiro atoms. The zero-order valence-corrected chi connectivity index (χ0v) is 12.7. The van der Waals surface area contributed by atoms with E-state index in [0.717, 1.165) is 31.7 Å². The van der Waals surface area contributed by atoms with Gasteiger partial charge >= 0.3 is 0 Å². The van der Waals surface area contributed by atoms with Crippen molar-refractivity contribution in [3.05, 3.63) is 0 Å². The van der Waals surface area contributed by atoms with Crippen LogP contribution in [0, 0.1) is 11.8 Å². The molecule has 0 aromatic heterocycles. The van der Waals surface area contributed by atoms with Crippen molar-refractivity contribution in [3.8, 4) is 0 Å². The largest absolute Gasteiger partial charge is 0.319 e.